The van der Waals surface area contributed by atoms with E-state index < -0.39 is 0 Å². The Bertz CT molecular complexity index is 271. The highest BCUT2D eigenvalue weighted by molar-refractivity contribution is 5.77. The fraction of sp³-hybridized carbons (Fsp3) is 0.933. The third kappa shape index (κ3) is 6.39. The van der Waals surface area contributed by atoms with Crippen LogP contribution in [0, 0.1) is 5.92 Å². The van der Waals surface area contributed by atoms with E-state index in [2.05, 4.69) is 19.2 Å². The summed E-state index contributed by atoms with van der Waals surface area (Å²) in [4.78, 5) is 11.7. The maximum absolute atomic E-state index is 11.7. The van der Waals surface area contributed by atoms with E-state index in [1.165, 1.54) is 25.7 Å². The molecule has 1 atom stereocenters. The minimum atomic E-state index is -0.222. The highest BCUT2D eigenvalue weighted by atomic mass is 16.5. The molecule has 0 aromatic rings. The minimum absolute atomic E-state index is 0.0431. The van der Waals surface area contributed by atoms with Gasteiger partial charge in [-0.25, -0.2) is 0 Å². The lowest BCUT2D eigenvalue weighted by Crippen LogP contribution is -2.45. The third-order valence-corrected chi connectivity index (χ3v) is 4.11. The van der Waals surface area contributed by atoms with Gasteiger partial charge in [-0.15, -0.1) is 0 Å². The molecule has 1 aliphatic rings. The number of amides is 1. The summed E-state index contributed by atoms with van der Waals surface area (Å²) in [5.41, 5.74) is 6.12. The van der Waals surface area contributed by atoms with E-state index in [0.29, 0.717) is 12.5 Å². The zero-order valence-electron chi connectivity index (χ0n) is 12.7. The van der Waals surface area contributed by atoms with E-state index in [1.807, 2.05) is 6.92 Å². The van der Waals surface area contributed by atoms with Gasteiger partial charge in [-0.2, -0.15) is 0 Å². The van der Waals surface area contributed by atoms with Gasteiger partial charge < -0.3 is 15.8 Å². The fourth-order valence-electron chi connectivity index (χ4n) is 2.39. The molecule has 1 aliphatic carbocycles. The van der Waals surface area contributed by atoms with Crippen LogP contribution in [0.1, 0.15) is 59.3 Å². The van der Waals surface area contributed by atoms with Crippen LogP contribution in [0.25, 0.3) is 0 Å². The molecular weight excluding hydrogens is 240 g/mol. The van der Waals surface area contributed by atoms with Gasteiger partial charge in [0.05, 0.1) is 6.61 Å². The number of hydrogen-bond acceptors (Lipinski definition) is 3. The zero-order valence-corrected chi connectivity index (χ0v) is 12.7. The first-order valence-corrected chi connectivity index (χ1v) is 7.59. The Balaban J connectivity index is 2.23. The van der Waals surface area contributed by atoms with Gasteiger partial charge in [0.25, 0.3) is 0 Å². The van der Waals surface area contributed by atoms with Gasteiger partial charge in [0.2, 0.25) is 5.91 Å². The molecule has 4 nitrogen and oxygen atoms in total. The van der Waals surface area contributed by atoms with Crippen molar-refractivity contribution in [1.82, 2.24) is 5.32 Å². The van der Waals surface area contributed by atoms with Crippen molar-refractivity contribution in [3.8, 4) is 0 Å². The fourth-order valence-corrected chi connectivity index (χ4v) is 2.39. The topological polar surface area (TPSA) is 64.3 Å². The first-order valence-electron chi connectivity index (χ1n) is 7.59. The average molecular weight is 270 g/mol. The summed E-state index contributed by atoms with van der Waals surface area (Å²) in [5.74, 6) is 0.394. The van der Waals surface area contributed by atoms with Crippen LogP contribution in [0.4, 0.5) is 0 Å². The molecule has 1 fully saturated rings. The third-order valence-electron chi connectivity index (χ3n) is 4.11. The summed E-state index contributed by atoms with van der Waals surface area (Å²) in [6, 6.07) is 0.181. The Morgan fingerprint density at radius 3 is 2.32 bits per heavy atom. The molecule has 0 spiro atoms. The molecule has 1 rings (SSSR count). The Morgan fingerprint density at radius 1 is 1.21 bits per heavy atom. The smallest absolute Gasteiger partial charge is 0.246 e. The van der Waals surface area contributed by atoms with Crippen LogP contribution in [0.2, 0.25) is 0 Å². The quantitative estimate of drug-likeness (QED) is 0.727. The van der Waals surface area contributed by atoms with Gasteiger partial charge in [0.15, 0.2) is 0 Å². The van der Waals surface area contributed by atoms with Gasteiger partial charge >= 0.3 is 0 Å². The maximum atomic E-state index is 11.7. The van der Waals surface area contributed by atoms with Crippen molar-refractivity contribution in [2.24, 2.45) is 11.7 Å². The van der Waals surface area contributed by atoms with Crippen LogP contribution in [-0.4, -0.2) is 30.7 Å². The van der Waals surface area contributed by atoms with Gasteiger partial charge in [-0.3, -0.25) is 4.79 Å². The number of carbonyl (C=O) groups excluding carboxylic acids is 1. The second-order valence-electron chi connectivity index (χ2n) is 6.37. The SMILES string of the molecule is CC(C)C(C)NC(=O)COCC1(N)CCCCCC1. The minimum Gasteiger partial charge on any atom is -0.370 e. The lowest BCUT2D eigenvalue weighted by Gasteiger charge is -2.27. The molecule has 1 saturated carbocycles. The second kappa shape index (κ2) is 7.85. The molecule has 19 heavy (non-hydrogen) atoms. The molecule has 0 radical (unpaired) electrons. The highest BCUT2D eigenvalue weighted by Crippen LogP contribution is 2.25. The molecule has 112 valence electrons. The number of nitrogens with two attached hydrogens (primary N) is 1. The molecule has 0 aliphatic heterocycles. The van der Waals surface area contributed by atoms with E-state index in [1.54, 1.807) is 0 Å². The molecule has 1 amide bonds. The second-order valence-corrected chi connectivity index (χ2v) is 6.37. The van der Waals surface area contributed by atoms with Crippen molar-refractivity contribution < 1.29 is 9.53 Å². The standard InChI is InChI=1S/C15H30N2O2/c1-12(2)13(3)17-14(18)10-19-11-15(16)8-6-4-5-7-9-15/h12-13H,4-11,16H2,1-3H3,(H,17,18). The lowest BCUT2D eigenvalue weighted by molar-refractivity contribution is -0.127. The Morgan fingerprint density at radius 2 is 1.79 bits per heavy atom. The Hall–Kier alpha value is -0.610. The molecule has 0 heterocycles. The maximum Gasteiger partial charge on any atom is 0.246 e. The predicted molar refractivity (Wildman–Crippen MR) is 77.9 cm³/mol. The van der Waals surface area contributed by atoms with Crippen LogP contribution in [0.3, 0.4) is 0 Å². The number of ether oxygens (including phenoxy) is 1. The summed E-state index contributed by atoms with van der Waals surface area (Å²) in [5, 5.41) is 2.94. The van der Waals surface area contributed by atoms with Crippen molar-refractivity contribution in [1.29, 1.82) is 0 Å². The normalized spacial score (nSPS) is 20.9. The van der Waals surface area contributed by atoms with Gasteiger partial charge in [0, 0.05) is 11.6 Å². The van der Waals surface area contributed by atoms with Crippen molar-refractivity contribution >= 4 is 5.91 Å². The zero-order chi connectivity index (χ0) is 14.3. The summed E-state index contributed by atoms with van der Waals surface area (Å²) in [6.45, 7) is 6.81. The molecule has 3 N–H and O–H groups in total. The highest BCUT2D eigenvalue weighted by Gasteiger charge is 2.26. The Labute approximate surface area is 117 Å². The van der Waals surface area contributed by atoms with Crippen LogP contribution < -0.4 is 11.1 Å². The van der Waals surface area contributed by atoms with E-state index >= 15 is 0 Å². The molecular formula is C15H30N2O2. The van der Waals surface area contributed by atoms with E-state index in [0.717, 1.165) is 12.8 Å². The van der Waals surface area contributed by atoms with Crippen LogP contribution in [-0.2, 0) is 9.53 Å². The molecule has 0 aromatic heterocycles. The molecule has 0 aromatic carbocycles. The van der Waals surface area contributed by atoms with E-state index in [4.69, 9.17) is 10.5 Å². The average Bonchev–Trinajstić information content (AvgIpc) is 2.54. The van der Waals surface area contributed by atoms with Crippen molar-refractivity contribution in [2.75, 3.05) is 13.2 Å². The molecule has 0 saturated heterocycles. The van der Waals surface area contributed by atoms with E-state index in [9.17, 15) is 4.79 Å². The Kier molecular flexibility index (Phi) is 6.80. The molecule has 4 heteroatoms. The first kappa shape index (κ1) is 16.4. The number of rotatable bonds is 6. The molecule has 0 bridgehead atoms. The monoisotopic (exact) mass is 270 g/mol. The van der Waals surface area contributed by atoms with Crippen molar-refractivity contribution in [2.45, 2.75) is 70.9 Å². The van der Waals surface area contributed by atoms with Crippen molar-refractivity contribution in [3.63, 3.8) is 0 Å². The van der Waals surface area contributed by atoms with Gasteiger partial charge in [0.1, 0.15) is 6.61 Å². The number of carbonyl (C=O) groups is 1. The summed E-state index contributed by atoms with van der Waals surface area (Å²) < 4.78 is 5.54. The van der Waals surface area contributed by atoms with Crippen LogP contribution >= 0.6 is 0 Å². The summed E-state index contributed by atoms with van der Waals surface area (Å²) in [7, 11) is 0. The van der Waals surface area contributed by atoms with Gasteiger partial charge in [-0.1, -0.05) is 39.5 Å². The summed E-state index contributed by atoms with van der Waals surface area (Å²) >= 11 is 0. The van der Waals surface area contributed by atoms with E-state index in [-0.39, 0.29) is 24.1 Å². The molecule has 1 unspecified atom stereocenters. The van der Waals surface area contributed by atoms with Crippen LogP contribution in [0.15, 0.2) is 0 Å². The van der Waals surface area contributed by atoms with Crippen LogP contribution in [0.5, 0.6) is 0 Å². The summed E-state index contributed by atoms with van der Waals surface area (Å²) in [6.07, 6.45) is 6.91. The largest absolute Gasteiger partial charge is 0.370 e. The lowest BCUT2D eigenvalue weighted by atomic mass is 9.93. The predicted octanol–water partition coefficient (Wildman–Crippen LogP) is 2.22. The number of hydrogen-bond donors (Lipinski definition) is 2. The van der Waals surface area contributed by atoms with Gasteiger partial charge in [-0.05, 0) is 25.7 Å². The first-order chi connectivity index (χ1) is 8.93. The number of nitrogens with one attached hydrogen (secondary N) is 1. The van der Waals surface area contributed by atoms with Crippen molar-refractivity contribution in [3.05, 3.63) is 0 Å².